The van der Waals surface area contributed by atoms with Crippen molar-refractivity contribution in [2.24, 2.45) is 0 Å². The van der Waals surface area contributed by atoms with E-state index in [2.05, 4.69) is 14.8 Å². The fourth-order valence-corrected chi connectivity index (χ4v) is 5.31. The zero-order chi connectivity index (χ0) is 22.4. The molecule has 0 N–H and O–H groups in total. The number of nitrogens with zero attached hydrogens (tertiary/aromatic N) is 4. The van der Waals surface area contributed by atoms with Crippen LogP contribution in [0.5, 0.6) is 0 Å². The number of benzene rings is 2. The molecule has 32 heavy (non-hydrogen) atoms. The van der Waals surface area contributed by atoms with Crippen molar-refractivity contribution in [3.05, 3.63) is 76.1 Å². The first-order valence-corrected chi connectivity index (χ1v) is 11.6. The number of likely N-dealkylation sites (N-methyl/N-ethyl adjacent to an activating group) is 1. The standard InChI is InChI=1S/C24H22ClFN4OS/c1-28(2)18-9-10-29(13-18)21-8-7-17(11-19(21)26)30-14-27-20-12-22(32-23(20)24(30)31)15-3-5-16(25)6-4-15/h3-8,11-12,14,18H,9-10,13H2,1-2H3. The highest BCUT2D eigenvalue weighted by molar-refractivity contribution is 7.22. The number of aromatic nitrogens is 2. The molecule has 8 heteroatoms. The van der Waals surface area contributed by atoms with Gasteiger partial charge in [-0.3, -0.25) is 9.36 Å². The number of hydrogen-bond acceptors (Lipinski definition) is 5. The van der Waals surface area contributed by atoms with Gasteiger partial charge in [0.25, 0.3) is 5.56 Å². The van der Waals surface area contributed by atoms with E-state index in [1.165, 1.54) is 28.3 Å². The Morgan fingerprint density at radius 1 is 1.16 bits per heavy atom. The molecule has 1 fully saturated rings. The van der Waals surface area contributed by atoms with Crippen molar-refractivity contribution in [1.29, 1.82) is 0 Å². The van der Waals surface area contributed by atoms with Crippen LogP contribution in [0.25, 0.3) is 26.3 Å². The third kappa shape index (κ3) is 3.81. The summed E-state index contributed by atoms with van der Waals surface area (Å²) in [5, 5.41) is 0.659. The molecule has 5 nitrogen and oxygen atoms in total. The predicted octanol–water partition coefficient (Wildman–Crippen LogP) is 5.05. The van der Waals surface area contributed by atoms with Gasteiger partial charge in [0, 0.05) is 35.1 Å². The molecule has 2 aromatic heterocycles. The quantitative estimate of drug-likeness (QED) is 0.420. The minimum atomic E-state index is -0.332. The van der Waals surface area contributed by atoms with Crippen LogP contribution < -0.4 is 10.5 Å². The van der Waals surface area contributed by atoms with Crippen LogP contribution >= 0.6 is 22.9 Å². The summed E-state index contributed by atoms with van der Waals surface area (Å²) in [5.74, 6) is -0.332. The summed E-state index contributed by atoms with van der Waals surface area (Å²) in [6.07, 6.45) is 2.47. The summed E-state index contributed by atoms with van der Waals surface area (Å²) < 4.78 is 17.0. The molecule has 0 saturated carbocycles. The lowest BCUT2D eigenvalue weighted by Gasteiger charge is -2.22. The molecule has 1 atom stereocenters. The Hall–Kier alpha value is -2.74. The number of rotatable bonds is 4. The summed E-state index contributed by atoms with van der Waals surface area (Å²) in [4.78, 5) is 22.8. The molecule has 1 aliphatic rings. The Morgan fingerprint density at radius 2 is 1.94 bits per heavy atom. The van der Waals surface area contributed by atoms with Crippen molar-refractivity contribution in [1.82, 2.24) is 14.5 Å². The van der Waals surface area contributed by atoms with Crippen LogP contribution in [0.2, 0.25) is 5.02 Å². The Labute approximate surface area is 194 Å². The fourth-order valence-electron chi connectivity index (χ4n) is 4.14. The highest BCUT2D eigenvalue weighted by atomic mass is 35.5. The van der Waals surface area contributed by atoms with Crippen molar-refractivity contribution in [3.63, 3.8) is 0 Å². The van der Waals surface area contributed by atoms with Crippen molar-refractivity contribution < 1.29 is 4.39 Å². The molecule has 0 bridgehead atoms. The van der Waals surface area contributed by atoms with Gasteiger partial charge in [-0.25, -0.2) is 9.37 Å². The van der Waals surface area contributed by atoms with E-state index in [1.807, 2.05) is 44.4 Å². The number of thiophene rings is 1. The second-order valence-electron chi connectivity index (χ2n) is 8.24. The van der Waals surface area contributed by atoms with Crippen molar-refractivity contribution in [2.75, 3.05) is 32.1 Å². The Balaban J connectivity index is 1.48. The number of fused-ring (bicyclic) bond motifs is 1. The summed E-state index contributed by atoms with van der Waals surface area (Å²) >= 11 is 7.36. The first kappa shape index (κ1) is 21.1. The molecule has 2 aromatic carbocycles. The van der Waals surface area contributed by atoms with E-state index in [9.17, 15) is 4.79 Å². The van der Waals surface area contributed by atoms with Crippen molar-refractivity contribution in [3.8, 4) is 16.1 Å². The summed E-state index contributed by atoms with van der Waals surface area (Å²) in [7, 11) is 4.10. The van der Waals surface area contributed by atoms with E-state index >= 15 is 4.39 Å². The second kappa shape index (κ2) is 8.31. The van der Waals surface area contributed by atoms with Gasteiger partial charge in [-0.2, -0.15) is 0 Å². The normalized spacial score (nSPS) is 16.4. The zero-order valence-electron chi connectivity index (χ0n) is 17.8. The van der Waals surface area contributed by atoms with Gasteiger partial charge < -0.3 is 9.80 Å². The first-order chi connectivity index (χ1) is 15.4. The molecule has 1 saturated heterocycles. The molecule has 164 valence electrons. The van der Waals surface area contributed by atoms with Gasteiger partial charge >= 0.3 is 0 Å². The molecule has 0 spiro atoms. The second-order valence-corrected chi connectivity index (χ2v) is 9.73. The molecule has 0 aliphatic carbocycles. The van der Waals surface area contributed by atoms with Gasteiger partial charge in [-0.15, -0.1) is 11.3 Å². The monoisotopic (exact) mass is 468 g/mol. The third-order valence-corrected chi connectivity index (χ3v) is 7.42. The lowest BCUT2D eigenvalue weighted by molar-refractivity contribution is 0.315. The van der Waals surface area contributed by atoms with Crippen LogP contribution in [0.3, 0.4) is 0 Å². The first-order valence-electron chi connectivity index (χ1n) is 10.4. The summed E-state index contributed by atoms with van der Waals surface area (Å²) in [6, 6.07) is 14.7. The van der Waals surface area contributed by atoms with Crippen LogP contribution in [-0.2, 0) is 0 Å². The maximum atomic E-state index is 15.0. The number of anilines is 1. The van der Waals surface area contributed by atoms with Crippen LogP contribution in [0.15, 0.2) is 59.7 Å². The molecule has 0 amide bonds. The van der Waals surface area contributed by atoms with Gasteiger partial charge in [-0.1, -0.05) is 23.7 Å². The average molecular weight is 469 g/mol. The SMILES string of the molecule is CN(C)C1CCN(c2ccc(-n3cnc4cc(-c5ccc(Cl)cc5)sc4c3=O)cc2F)C1. The summed E-state index contributed by atoms with van der Waals surface area (Å²) in [5.41, 5.74) is 2.43. The molecular formula is C24H22ClFN4OS. The van der Waals surface area contributed by atoms with E-state index in [1.54, 1.807) is 12.1 Å². The number of halogens is 2. The molecule has 1 unspecified atom stereocenters. The van der Waals surface area contributed by atoms with Crippen molar-refractivity contribution >= 4 is 38.8 Å². The maximum absolute atomic E-state index is 15.0. The molecule has 1 aliphatic heterocycles. The molecular weight excluding hydrogens is 447 g/mol. The van der Waals surface area contributed by atoms with E-state index in [4.69, 9.17) is 11.6 Å². The average Bonchev–Trinajstić information content (AvgIpc) is 3.42. The smallest absolute Gasteiger partial charge is 0.275 e. The number of hydrogen-bond donors (Lipinski definition) is 0. The maximum Gasteiger partial charge on any atom is 0.275 e. The van der Waals surface area contributed by atoms with E-state index in [0.717, 1.165) is 30.0 Å². The van der Waals surface area contributed by atoms with Gasteiger partial charge in [0.15, 0.2) is 0 Å². The summed E-state index contributed by atoms with van der Waals surface area (Å²) in [6.45, 7) is 1.61. The van der Waals surface area contributed by atoms with Crippen LogP contribution in [-0.4, -0.2) is 47.7 Å². The Bertz CT molecular complexity index is 1350. The van der Waals surface area contributed by atoms with E-state index in [0.29, 0.717) is 32.7 Å². The van der Waals surface area contributed by atoms with Crippen LogP contribution in [0, 0.1) is 5.82 Å². The van der Waals surface area contributed by atoms with Gasteiger partial charge in [0.2, 0.25) is 0 Å². The lowest BCUT2D eigenvalue weighted by atomic mass is 10.2. The third-order valence-electron chi connectivity index (χ3n) is 6.01. The van der Waals surface area contributed by atoms with E-state index in [-0.39, 0.29) is 11.4 Å². The zero-order valence-corrected chi connectivity index (χ0v) is 19.3. The predicted molar refractivity (Wildman–Crippen MR) is 130 cm³/mol. The molecule has 3 heterocycles. The van der Waals surface area contributed by atoms with E-state index < -0.39 is 0 Å². The Morgan fingerprint density at radius 3 is 2.62 bits per heavy atom. The Kier molecular flexibility index (Phi) is 5.49. The van der Waals surface area contributed by atoms with Crippen LogP contribution in [0.4, 0.5) is 10.1 Å². The van der Waals surface area contributed by atoms with Crippen LogP contribution in [0.1, 0.15) is 6.42 Å². The molecule has 0 radical (unpaired) electrons. The van der Waals surface area contributed by atoms with Gasteiger partial charge in [0.1, 0.15) is 16.8 Å². The van der Waals surface area contributed by atoms with Gasteiger partial charge in [0.05, 0.1) is 16.9 Å². The fraction of sp³-hybridized carbons (Fsp3) is 0.250. The molecule has 5 rings (SSSR count). The largest absolute Gasteiger partial charge is 0.368 e. The van der Waals surface area contributed by atoms with Crippen molar-refractivity contribution in [2.45, 2.75) is 12.5 Å². The minimum Gasteiger partial charge on any atom is -0.368 e. The highest BCUT2D eigenvalue weighted by Crippen LogP contribution is 2.32. The minimum absolute atomic E-state index is 0.207. The molecule has 4 aromatic rings. The lowest BCUT2D eigenvalue weighted by Crippen LogP contribution is -2.31. The highest BCUT2D eigenvalue weighted by Gasteiger charge is 2.26. The van der Waals surface area contributed by atoms with Gasteiger partial charge in [-0.05, 0) is 56.4 Å². The topological polar surface area (TPSA) is 41.4 Å².